The fourth-order valence-corrected chi connectivity index (χ4v) is 6.17. The van der Waals surface area contributed by atoms with E-state index >= 15 is 0 Å². The number of rotatable bonds is 9. The number of aromatic nitrogens is 3. The van der Waals surface area contributed by atoms with Gasteiger partial charge in [0.25, 0.3) is 0 Å². The van der Waals surface area contributed by atoms with Gasteiger partial charge in [0.15, 0.2) is 0 Å². The first kappa shape index (κ1) is 29.0. The average molecular weight is 579 g/mol. The van der Waals surface area contributed by atoms with Crippen LogP contribution in [0.3, 0.4) is 0 Å². The standard InChI is InChI=1S/C30H38N6O4S/c1-18(2)40-24-14-22(35-11-9-34(5)10-12-35)19(3)13-23(24)36(17-38)30-31-15-25-28(33-30)27(26(16-37)41-25)21-8-7-20(4)32-29(21)39-6/h7-8,13-15,18,37-38H,9-12,16-17H2,1-6H3. The van der Waals surface area contributed by atoms with Crippen LogP contribution >= 0.6 is 11.3 Å². The highest BCUT2D eigenvalue weighted by atomic mass is 32.1. The molecule has 0 amide bonds. The normalized spacial score (nSPS) is 14.2. The second-order valence-electron chi connectivity index (χ2n) is 10.6. The molecule has 1 aliphatic rings. The van der Waals surface area contributed by atoms with E-state index in [1.807, 2.05) is 39.0 Å². The van der Waals surface area contributed by atoms with E-state index in [-0.39, 0.29) is 19.4 Å². The summed E-state index contributed by atoms with van der Waals surface area (Å²) in [5.41, 5.74) is 5.86. The summed E-state index contributed by atoms with van der Waals surface area (Å²) >= 11 is 1.42. The molecule has 0 radical (unpaired) electrons. The number of benzene rings is 1. The molecule has 3 aromatic heterocycles. The molecule has 41 heavy (non-hydrogen) atoms. The van der Waals surface area contributed by atoms with Crippen LogP contribution in [0.1, 0.15) is 30.0 Å². The fourth-order valence-electron chi connectivity index (χ4n) is 5.19. The first-order valence-corrected chi connectivity index (χ1v) is 14.6. The Bertz CT molecular complexity index is 1530. The number of hydrogen-bond donors (Lipinski definition) is 2. The third-order valence-corrected chi connectivity index (χ3v) is 8.35. The van der Waals surface area contributed by atoms with Gasteiger partial charge >= 0.3 is 0 Å². The number of ether oxygens (including phenoxy) is 2. The minimum atomic E-state index is -0.352. The van der Waals surface area contributed by atoms with E-state index < -0.39 is 0 Å². The molecule has 1 aliphatic heterocycles. The number of likely N-dealkylation sites (N-methyl/N-ethyl adjacent to an activating group) is 1. The lowest BCUT2D eigenvalue weighted by Crippen LogP contribution is -2.44. The number of piperazine rings is 1. The second kappa shape index (κ2) is 12.2. The van der Waals surface area contributed by atoms with Crippen molar-refractivity contribution in [2.45, 2.75) is 40.4 Å². The minimum absolute atomic E-state index is 0.0715. The van der Waals surface area contributed by atoms with Crippen molar-refractivity contribution >= 4 is 38.9 Å². The van der Waals surface area contributed by atoms with Crippen LogP contribution in [0.5, 0.6) is 11.6 Å². The highest BCUT2D eigenvalue weighted by molar-refractivity contribution is 7.19. The number of hydrogen-bond acceptors (Lipinski definition) is 11. The lowest BCUT2D eigenvalue weighted by atomic mass is 10.1. The third kappa shape index (κ3) is 5.80. The van der Waals surface area contributed by atoms with E-state index in [1.54, 1.807) is 18.2 Å². The molecule has 4 aromatic rings. The number of nitrogens with zero attached hydrogens (tertiary/aromatic N) is 6. The average Bonchev–Trinajstić information content (AvgIpc) is 3.32. The molecule has 0 saturated carbocycles. The van der Waals surface area contributed by atoms with Crippen LogP contribution in [0.4, 0.5) is 17.3 Å². The van der Waals surface area contributed by atoms with Gasteiger partial charge in [-0.1, -0.05) is 0 Å². The van der Waals surface area contributed by atoms with Gasteiger partial charge in [-0.25, -0.2) is 15.0 Å². The topological polar surface area (TPSA) is 107 Å². The predicted molar refractivity (Wildman–Crippen MR) is 164 cm³/mol. The van der Waals surface area contributed by atoms with E-state index in [4.69, 9.17) is 14.5 Å². The lowest BCUT2D eigenvalue weighted by Gasteiger charge is -2.36. The Morgan fingerprint density at radius 3 is 2.49 bits per heavy atom. The van der Waals surface area contributed by atoms with Crippen molar-refractivity contribution in [2.24, 2.45) is 0 Å². The summed E-state index contributed by atoms with van der Waals surface area (Å²) in [6.07, 6.45) is 1.66. The molecule has 1 aromatic carbocycles. The highest BCUT2D eigenvalue weighted by Crippen LogP contribution is 2.43. The van der Waals surface area contributed by atoms with Gasteiger partial charge in [-0.3, -0.25) is 4.90 Å². The monoisotopic (exact) mass is 578 g/mol. The lowest BCUT2D eigenvalue weighted by molar-refractivity contribution is 0.240. The van der Waals surface area contributed by atoms with Crippen LogP contribution in [0.15, 0.2) is 30.5 Å². The van der Waals surface area contributed by atoms with Crippen LogP contribution in [0.25, 0.3) is 21.3 Å². The molecular weight excluding hydrogens is 540 g/mol. The van der Waals surface area contributed by atoms with Crippen molar-refractivity contribution in [1.29, 1.82) is 0 Å². The van der Waals surface area contributed by atoms with Crippen LogP contribution in [0.2, 0.25) is 0 Å². The number of anilines is 3. The maximum absolute atomic E-state index is 10.7. The Morgan fingerprint density at radius 1 is 1.07 bits per heavy atom. The summed E-state index contributed by atoms with van der Waals surface area (Å²) in [5, 5.41) is 20.9. The Morgan fingerprint density at radius 2 is 1.83 bits per heavy atom. The molecular formula is C30H38N6O4S. The Kier molecular flexibility index (Phi) is 8.60. The van der Waals surface area contributed by atoms with Crippen LogP contribution < -0.4 is 19.3 Å². The van der Waals surface area contributed by atoms with Gasteiger partial charge in [0.05, 0.1) is 41.9 Å². The molecule has 10 nitrogen and oxygen atoms in total. The SMILES string of the molecule is COc1nc(C)ccc1-c1c(CO)sc2cnc(N(CO)c3cc(C)c(N4CCN(C)CC4)cc3OC(C)C)nc12. The zero-order valence-corrected chi connectivity index (χ0v) is 25.3. The molecule has 1 saturated heterocycles. The maximum atomic E-state index is 10.7. The van der Waals surface area contributed by atoms with Gasteiger partial charge in [-0.2, -0.15) is 0 Å². The van der Waals surface area contributed by atoms with Crippen molar-refractivity contribution in [1.82, 2.24) is 19.9 Å². The summed E-state index contributed by atoms with van der Waals surface area (Å²) < 4.78 is 12.7. The number of aryl methyl sites for hydroxylation is 2. The smallest absolute Gasteiger partial charge is 0.232 e. The van der Waals surface area contributed by atoms with Gasteiger partial charge in [0, 0.05) is 59.6 Å². The van der Waals surface area contributed by atoms with Gasteiger partial charge in [-0.05, 0) is 58.5 Å². The predicted octanol–water partition coefficient (Wildman–Crippen LogP) is 4.50. The van der Waals surface area contributed by atoms with Crippen molar-refractivity contribution in [3.8, 4) is 22.8 Å². The summed E-state index contributed by atoms with van der Waals surface area (Å²) in [7, 11) is 3.72. The molecule has 0 aliphatic carbocycles. The number of aliphatic hydroxyl groups is 2. The Labute approximate surface area is 244 Å². The number of methoxy groups -OCH3 is 1. The van der Waals surface area contributed by atoms with Crippen molar-refractivity contribution in [3.63, 3.8) is 0 Å². The van der Waals surface area contributed by atoms with Gasteiger partial charge < -0.3 is 29.5 Å². The molecule has 0 bridgehead atoms. The molecule has 0 spiro atoms. The van der Waals surface area contributed by atoms with E-state index in [0.29, 0.717) is 28.8 Å². The van der Waals surface area contributed by atoms with Crippen molar-refractivity contribution < 1.29 is 19.7 Å². The van der Waals surface area contributed by atoms with Crippen LogP contribution in [-0.4, -0.2) is 83.2 Å². The molecule has 0 unspecified atom stereocenters. The number of pyridine rings is 1. The van der Waals surface area contributed by atoms with Gasteiger partial charge in [0.2, 0.25) is 11.8 Å². The third-order valence-electron chi connectivity index (χ3n) is 7.25. The maximum Gasteiger partial charge on any atom is 0.232 e. The van der Waals surface area contributed by atoms with E-state index in [1.165, 1.54) is 11.3 Å². The molecule has 0 atom stereocenters. The molecule has 11 heteroatoms. The van der Waals surface area contributed by atoms with Crippen LogP contribution in [-0.2, 0) is 6.61 Å². The molecule has 1 fully saturated rings. The first-order valence-electron chi connectivity index (χ1n) is 13.8. The van der Waals surface area contributed by atoms with E-state index in [2.05, 4.69) is 39.8 Å². The van der Waals surface area contributed by atoms with Crippen molar-refractivity contribution in [3.05, 3.63) is 46.6 Å². The van der Waals surface area contributed by atoms with Gasteiger partial charge in [0.1, 0.15) is 12.5 Å². The first-order chi connectivity index (χ1) is 19.7. The zero-order chi connectivity index (χ0) is 29.3. The number of fused-ring (bicyclic) bond motifs is 1. The fraction of sp³-hybridized carbons (Fsp3) is 0.433. The summed E-state index contributed by atoms with van der Waals surface area (Å²) in [6, 6.07) is 7.95. The summed E-state index contributed by atoms with van der Waals surface area (Å²) in [6.45, 7) is 11.3. The minimum Gasteiger partial charge on any atom is -0.489 e. The quantitative estimate of drug-likeness (QED) is 0.276. The Balaban J connectivity index is 1.63. The molecule has 2 N–H and O–H groups in total. The molecule has 4 heterocycles. The summed E-state index contributed by atoms with van der Waals surface area (Å²) in [5.74, 6) is 1.44. The molecule has 5 rings (SSSR count). The largest absolute Gasteiger partial charge is 0.489 e. The van der Waals surface area contributed by atoms with Crippen LogP contribution in [0, 0.1) is 13.8 Å². The molecule has 218 valence electrons. The van der Waals surface area contributed by atoms with Crippen molar-refractivity contribution in [2.75, 3.05) is 56.9 Å². The highest BCUT2D eigenvalue weighted by Gasteiger charge is 2.25. The zero-order valence-electron chi connectivity index (χ0n) is 24.5. The Hall–Kier alpha value is -3.51. The second-order valence-corrected chi connectivity index (χ2v) is 11.7. The number of aliphatic hydroxyl groups excluding tert-OH is 2. The number of thiophene rings is 1. The van der Waals surface area contributed by atoms with E-state index in [0.717, 1.165) is 63.8 Å². The van der Waals surface area contributed by atoms with Gasteiger partial charge in [-0.15, -0.1) is 11.3 Å². The summed E-state index contributed by atoms with van der Waals surface area (Å²) in [4.78, 5) is 21.2. The van der Waals surface area contributed by atoms with E-state index in [9.17, 15) is 10.2 Å².